The monoisotopic (exact) mass is 410 g/mol. The number of hydrogen-bond acceptors (Lipinski definition) is 6. The van der Waals surface area contributed by atoms with Crippen LogP contribution in [-0.4, -0.2) is 42.1 Å². The number of fused-ring (bicyclic) bond motifs is 1. The average molecular weight is 410 g/mol. The zero-order chi connectivity index (χ0) is 20.2. The summed E-state index contributed by atoms with van der Waals surface area (Å²) < 4.78 is 17.5. The number of amides is 1. The summed E-state index contributed by atoms with van der Waals surface area (Å²) in [6, 6.07) is 14.7. The van der Waals surface area contributed by atoms with E-state index in [1.165, 1.54) is 0 Å². The molecule has 0 bridgehead atoms. The first-order valence-corrected chi connectivity index (χ1v) is 10.2. The molecule has 2 aromatic carbocycles. The third-order valence-corrected chi connectivity index (χ3v) is 5.35. The van der Waals surface area contributed by atoms with Gasteiger partial charge in [0.15, 0.2) is 17.6 Å². The molecule has 0 radical (unpaired) electrons. The molecule has 0 saturated carbocycles. The second-order valence-corrected chi connectivity index (χ2v) is 7.92. The third kappa shape index (κ3) is 4.68. The third-order valence-electron chi connectivity index (χ3n) is 4.53. The molecule has 7 heteroatoms. The largest absolute Gasteiger partial charge is 0.487 e. The van der Waals surface area contributed by atoms with Crippen LogP contribution in [0.15, 0.2) is 53.9 Å². The predicted molar refractivity (Wildman–Crippen MR) is 111 cm³/mol. The molecule has 1 aliphatic rings. The normalized spacial score (nSPS) is 15.0. The van der Waals surface area contributed by atoms with Gasteiger partial charge in [-0.1, -0.05) is 18.2 Å². The summed E-state index contributed by atoms with van der Waals surface area (Å²) >= 11 is 1.59. The number of para-hydroxylation sites is 2. The molecule has 0 spiro atoms. The number of aromatic nitrogens is 1. The predicted octanol–water partition coefficient (Wildman–Crippen LogP) is 3.94. The van der Waals surface area contributed by atoms with Crippen LogP contribution in [0.25, 0.3) is 0 Å². The van der Waals surface area contributed by atoms with E-state index in [-0.39, 0.29) is 12.0 Å². The Kier molecular flexibility index (Phi) is 5.67. The number of ether oxygens (including phenoxy) is 3. The van der Waals surface area contributed by atoms with Crippen LogP contribution in [0.2, 0.25) is 0 Å². The van der Waals surface area contributed by atoms with Crippen LogP contribution >= 0.6 is 11.3 Å². The van der Waals surface area contributed by atoms with Crippen molar-refractivity contribution in [2.24, 2.45) is 0 Å². The Balaban J connectivity index is 1.36. The van der Waals surface area contributed by atoms with Gasteiger partial charge in [-0.3, -0.25) is 4.79 Å². The average Bonchev–Trinajstić information content (AvgIpc) is 3.17. The molecule has 0 saturated heterocycles. The van der Waals surface area contributed by atoms with Crippen molar-refractivity contribution in [2.45, 2.75) is 19.6 Å². The van der Waals surface area contributed by atoms with Gasteiger partial charge in [0.1, 0.15) is 19.0 Å². The summed E-state index contributed by atoms with van der Waals surface area (Å²) in [7, 11) is 1.76. The lowest BCUT2D eigenvalue weighted by atomic mass is 10.2. The maximum atomic E-state index is 12.9. The van der Waals surface area contributed by atoms with E-state index in [0.29, 0.717) is 36.8 Å². The number of likely N-dealkylation sites (N-methyl/N-ethyl adjacent to an activating group) is 1. The number of carbonyl (C=O) groups is 1. The second kappa shape index (κ2) is 8.53. The van der Waals surface area contributed by atoms with Gasteiger partial charge in [-0.25, -0.2) is 4.98 Å². The van der Waals surface area contributed by atoms with Crippen molar-refractivity contribution in [2.75, 3.05) is 20.2 Å². The molecule has 0 fully saturated rings. The molecule has 4 rings (SSSR count). The fraction of sp³-hybridized carbons (Fsp3) is 0.273. The zero-order valence-electron chi connectivity index (χ0n) is 16.3. The molecule has 6 nitrogen and oxygen atoms in total. The molecule has 0 unspecified atom stereocenters. The molecule has 2 heterocycles. The number of hydrogen-bond donors (Lipinski definition) is 0. The van der Waals surface area contributed by atoms with E-state index < -0.39 is 0 Å². The lowest BCUT2D eigenvalue weighted by molar-refractivity contribution is 0.0520. The standard InChI is InChI=1S/C22H22N2O4S/c1-15-23-17(14-29-15)12-26-18-7-5-6-16(10-18)22(25)24(2)11-19-13-27-20-8-3-4-9-21(20)28-19/h3-10,14,19H,11-13H2,1-2H3/t19-/m1/s1. The summed E-state index contributed by atoms with van der Waals surface area (Å²) in [5.74, 6) is 1.98. The van der Waals surface area contributed by atoms with Crippen molar-refractivity contribution in [1.29, 1.82) is 0 Å². The van der Waals surface area contributed by atoms with Crippen LogP contribution in [0.3, 0.4) is 0 Å². The maximum absolute atomic E-state index is 12.9. The van der Waals surface area contributed by atoms with Crippen molar-refractivity contribution in [3.8, 4) is 17.2 Å². The molecule has 1 amide bonds. The van der Waals surface area contributed by atoms with E-state index in [4.69, 9.17) is 14.2 Å². The van der Waals surface area contributed by atoms with Crippen LogP contribution in [0, 0.1) is 6.92 Å². The summed E-state index contributed by atoms with van der Waals surface area (Å²) in [6.07, 6.45) is -0.216. The molecule has 0 aliphatic carbocycles. The second-order valence-electron chi connectivity index (χ2n) is 6.86. The number of benzene rings is 2. The van der Waals surface area contributed by atoms with E-state index >= 15 is 0 Å². The summed E-state index contributed by atoms with van der Waals surface area (Å²) in [4.78, 5) is 18.9. The first-order valence-electron chi connectivity index (χ1n) is 9.36. The Morgan fingerprint density at radius 3 is 2.86 bits per heavy atom. The summed E-state index contributed by atoms with van der Waals surface area (Å²) in [5, 5.41) is 2.98. The minimum absolute atomic E-state index is 0.0950. The zero-order valence-corrected chi connectivity index (χ0v) is 17.1. The van der Waals surface area contributed by atoms with Gasteiger partial charge in [-0.05, 0) is 37.3 Å². The molecule has 150 valence electrons. The number of aryl methyl sites for hydroxylation is 1. The van der Waals surface area contributed by atoms with Crippen LogP contribution in [0.5, 0.6) is 17.2 Å². The van der Waals surface area contributed by atoms with Crippen LogP contribution < -0.4 is 14.2 Å². The van der Waals surface area contributed by atoms with Crippen molar-refractivity contribution in [3.05, 3.63) is 70.2 Å². The van der Waals surface area contributed by atoms with Gasteiger partial charge in [0.05, 0.1) is 17.2 Å². The molecular weight excluding hydrogens is 388 g/mol. The van der Waals surface area contributed by atoms with Crippen molar-refractivity contribution >= 4 is 17.2 Å². The Hall–Kier alpha value is -3.06. The molecule has 0 N–H and O–H groups in total. The highest BCUT2D eigenvalue weighted by molar-refractivity contribution is 7.09. The number of thiazole rings is 1. The highest BCUT2D eigenvalue weighted by atomic mass is 32.1. The van der Waals surface area contributed by atoms with Gasteiger partial charge in [0.25, 0.3) is 5.91 Å². The first kappa shape index (κ1) is 19.3. The smallest absolute Gasteiger partial charge is 0.253 e. The fourth-order valence-electron chi connectivity index (χ4n) is 3.11. The Morgan fingerprint density at radius 2 is 2.07 bits per heavy atom. The van der Waals surface area contributed by atoms with E-state index in [0.717, 1.165) is 16.5 Å². The molecule has 29 heavy (non-hydrogen) atoms. The van der Waals surface area contributed by atoms with Crippen LogP contribution in [0.1, 0.15) is 21.1 Å². The lowest BCUT2D eigenvalue weighted by Gasteiger charge is -2.29. The Labute approximate surface area is 173 Å². The number of rotatable bonds is 6. The first-order chi connectivity index (χ1) is 14.1. The molecular formula is C22H22N2O4S. The van der Waals surface area contributed by atoms with Crippen molar-refractivity contribution in [1.82, 2.24) is 9.88 Å². The van der Waals surface area contributed by atoms with Gasteiger partial charge in [0.2, 0.25) is 0 Å². The lowest BCUT2D eigenvalue weighted by Crippen LogP contribution is -2.41. The van der Waals surface area contributed by atoms with Crippen molar-refractivity contribution in [3.63, 3.8) is 0 Å². The number of nitrogens with zero attached hydrogens (tertiary/aromatic N) is 2. The van der Waals surface area contributed by atoms with Crippen LogP contribution in [0.4, 0.5) is 0 Å². The van der Waals surface area contributed by atoms with Gasteiger partial charge in [-0.2, -0.15) is 0 Å². The fourth-order valence-corrected chi connectivity index (χ4v) is 3.71. The van der Waals surface area contributed by atoms with E-state index in [9.17, 15) is 4.79 Å². The van der Waals surface area contributed by atoms with Gasteiger partial charge < -0.3 is 19.1 Å². The molecule has 1 atom stereocenters. The molecule has 1 aromatic heterocycles. The quantitative estimate of drug-likeness (QED) is 0.616. The van der Waals surface area contributed by atoms with Gasteiger partial charge in [-0.15, -0.1) is 11.3 Å². The highest BCUT2D eigenvalue weighted by Crippen LogP contribution is 2.31. The topological polar surface area (TPSA) is 60.9 Å². The van der Waals surface area contributed by atoms with Gasteiger partial charge in [0, 0.05) is 18.0 Å². The minimum atomic E-state index is -0.216. The summed E-state index contributed by atoms with van der Waals surface area (Å²) in [6.45, 7) is 3.18. The van der Waals surface area contributed by atoms with E-state index in [1.54, 1.807) is 35.4 Å². The molecule has 3 aromatic rings. The van der Waals surface area contributed by atoms with Gasteiger partial charge >= 0.3 is 0 Å². The minimum Gasteiger partial charge on any atom is -0.487 e. The SMILES string of the molecule is Cc1nc(COc2cccc(C(=O)N(C)C[C@@H]3COc4ccccc4O3)c2)cs1. The maximum Gasteiger partial charge on any atom is 0.253 e. The van der Waals surface area contributed by atoms with E-state index in [1.807, 2.05) is 48.7 Å². The highest BCUT2D eigenvalue weighted by Gasteiger charge is 2.24. The Morgan fingerprint density at radius 1 is 1.24 bits per heavy atom. The van der Waals surface area contributed by atoms with E-state index in [2.05, 4.69) is 4.98 Å². The Bertz CT molecular complexity index is 1000. The number of carbonyl (C=O) groups excluding carboxylic acids is 1. The summed E-state index contributed by atoms with van der Waals surface area (Å²) in [5.41, 5.74) is 1.45. The van der Waals surface area contributed by atoms with Crippen molar-refractivity contribution < 1.29 is 19.0 Å². The molecule has 1 aliphatic heterocycles. The van der Waals surface area contributed by atoms with Crippen LogP contribution in [-0.2, 0) is 6.61 Å².